The van der Waals surface area contributed by atoms with Gasteiger partial charge in [0, 0.05) is 39.2 Å². The highest BCUT2D eigenvalue weighted by Crippen LogP contribution is 2.53. The van der Waals surface area contributed by atoms with Crippen LogP contribution < -0.4 is 5.32 Å². The number of hydrogen-bond donors (Lipinski definition) is 1. The van der Waals surface area contributed by atoms with Crippen LogP contribution in [-0.2, 0) is 9.47 Å². The van der Waals surface area contributed by atoms with E-state index in [1.54, 1.807) is 0 Å². The zero-order valence-electron chi connectivity index (χ0n) is 13.2. The predicted molar refractivity (Wildman–Crippen MR) is 84.5 cm³/mol. The topological polar surface area (TPSA) is 30.5 Å². The Morgan fingerprint density at radius 1 is 1.29 bits per heavy atom. The number of likely N-dealkylation sites (N-methyl/N-ethyl adjacent to an activating group) is 1. The van der Waals surface area contributed by atoms with Crippen LogP contribution in [0.25, 0.3) is 0 Å². The summed E-state index contributed by atoms with van der Waals surface area (Å²) in [6.07, 6.45) is 3.27. The number of rotatable bonds is 6. The molecule has 3 atom stereocenters. The molecule has 1 saturated heterocycles. The van der Waals surface area contributed by atoms with E-state index in [1.807, 2.05) is 7.11 Å². The lowest BCUT2D eigenvalue weighted by Crippen LogP contribution is -2.56. The summed E-state index contributed by atoms with van der Waals surface area (Å²) in [4.78, 5) is 0. The fourth-order valence-electron chi connectivity index (χ4n) is 3.97. The number of nitrogens with one attached hydrogen (secondary N) is 1. The molecule has 0 aromatic heterocycles. The highest BCUT2D eigenvalue weighted by atomic mass is 16.5. The SMILES string of the molecule is CCNC(C1CC1c1ccccc1)C1(OC)CCOCC1. The van der Waals surface area contributed by atoms with Crippen molar-refractivity contribution in [2.24, 2.45) is 5.92 Å². The van der Waals surface area contributed by atoms with Gasteiger partial charge < -0.3 is 14.8 Å². The lowest BCUT2D eigenvalue weighted by molar-refractivity contribution is -0.114. The van der Waals surface area contributed by atoms with E-state index in [-0.39, 0.29) is 5.60 Å². The molecule has 1 saturated carbocycles. The minimum absolute atomic E-state index is 0.0531. The van der Waals surface area contributed by atoms with Crippen LogP contribution in [0.2, 0.25) is 0 Å². The first kappa shape index (κ1) is 15.0. The summed E-state index contributed by atoms with van der Waals surface area (Å²) in [5.74, 6) is 1.37. The van der Waals surface area contributed by atoms with Gasteiger partial charge in [0.2, 0.25) is 0 Å². The minimum Gasteiger partial charge on any atom is -0.381 e. The van der Waals surface area contributed by atoms with Crippen molar-refractivity contribution in [3.05, 3.63) is 35.9 Å². The maximum absolute atomic E-state index is 6.04. The lowest BCUT2D eigenvalue weighted by atomic mass is 9.82. The molecule has 1 heterocycles. The molecule has 116 valence electrons. The molecule has 0 radical (unpaired) electrons. The van der Waals surface area contributed by atoms with E-state index >= 15 is 0 Å². The van der Waals surface area contributed by atoms with Crippen molar-refractivity contribution in [1.82, 2.24) is 5.32 Å². The Kier molecular flexibility index (Phi) is 4.63. The van der Waals surface area contributed by atoms with E-state index in [2.05, 4.69) is 42.6 Å². The van der Waals surface area contributed by atoms with Crippen LogP contribution in [0.15, 0.2) is 30.3 Å². The van der Waals surface area contributed by atoms with E-state index in [0.29, 0.717) is 17.9 Å². The zero-order chi connectivity index (χ0) is 14.7. The average molecular weight is 289 g/mol. The standard InChI is InChI=1S/C18H27NO2/c1-3-19-17(18(20-2)9-11-21-12-10-18)16-13-15(16)14-7-5-4-6-8-14/h4-8,15-17,19H,3,9-13H2,1-2H3. The molecular formula is C18H27NO2. The van der Waals surface area contributed by atoms with Crippen molar-refractivity contribution in [2.75, 3.05) is 26.9 Å². The summed E-state index contributed by atoms with van der Waals surface area (Å²) in [6, 6.07) is 11.3. The second kappa shape index (κ2) is 6.47. The van der Waals surface area contributed by atoms with Crippen molar-refractivity contribution in [3.63, 3.8) is 0 Å². The number of ether oxygens (including phenoxy) is 2. The molecule has 2 aliphatic rings. The van der Waals surface area contributed by atoms with Crippen LogP contribution in [0.3, 0.4) is 0 Å². The van der Waals surface area contributed by atoms with Gasteiger partial charge in [-0.3, -0.25) is 0 Å². The Morgan fingerprint density at radius 3 is 2.62 bits per heavy atom. The van der Waals surface area contributed by atoms with Crippen LogP contribution >= 0.6 is 0 Å². The molecule has 1 aliphatic carbocycles. The van der Waals surface area contributed by atoms with Crippen LogP contribution in [0, 0.1) is 5.92 Å². The Labute approximate surface area is 128 Å². The zero-order valence-corrected chi connectivity index (χ0v) is 13.2. The fraction of sp³-hybridized carbons (Fsp3) is 0.667. The van der Waals surface area contributed by atoms with Gasteiger partial charge in [-0.1, -0.05) is 37.3 Å². The van der Waals surface area contributed by atoms with Gasteiger partial charge >= 0.3 is 0 Å². The average Bonchev–Trinajstić information content (AvgIpc) is 3.34. The number of benzene rings is 1. The molecule has 1 aromatic rings. The van der Waals surface area contributed by atoms with Gasteiger partial charge in [-0.05, 0) is 30.4 Å². The summed E-state index contributed by atoms with van der Waals surface area (Å²) in [5.41, 5.74) is 1.42. The molecule has 1 aromatic carbocycles. The van der Waals surface area contributed by atoms with Crippen molar-refractivity contribution in [2.45, 2.75) is 43.7 Å². The number of methoxy groups -OCH3 is 1. The predicted octanol–water partition coefficient (Wildman–Crippen LogP) is 2.96. The van der Waals surface area contributed by atoms with Crippen LogP contribution in [0.1, 0.15) is 37.7 Å². The molecule has 1 aliphatic heterocycles. The van der Waals surface area contributed by atoms with Gasteiger partial charge in [0.15, 0.2) is 0 Å². The minimum atomic E-state index is -0.0531. The number of hydrogen-bond acceptors (Lipinski definition) is 3. The van der Waals surface area contributed by atoms with Gasteiger partial charge in [-0.2, -0.15) is 0 Å². The summed E-state index contributed by atoms with van der Waals surface area (Å²) in [5, 5.41) is 3.73. The van der Waals surface area contributed by atoms with Crippen molar-refractivity contribution >= 4 is 0 Å². The maximum atomic E-state index is 6.04. The van der Waals surface area contributed by atoms with E-state index in [1.165, 1.54) is 12.0 Å². The van der Waals surface area contributed by atoms with Crippen LogP contribution in [-0.4, -0.2) is 38.5 Å². The Bertz CT molecular complexity index is 442. The smallest absolute Gasteiger partial charge is 0.0877 e. The van der Waals surface area contributed by atoms with Gasteiger partial charge in [0.05, 0.1) is 5.60 Å². The summed E-state index contributed by atoms with van der Waals surface area (Å²) < 4.78 is 11.6. The first-order chi connectivity index (χ1) is 10.3. The van der Waals surface area contributed by atoms with Crippen molar-refractivity contribution in [3.8, 4) is 0 Å². The first-order valence-corrected chi connectivity index (χ1v) is 8.22. The molecule has 3 unspecified atom stereocenters. The Balaban J connectivity index is 1.76. The molecule has 0 spiro atoms. The fourth-order valence-corrected chi connectivity index (χ4v) is 3.97. The molecule has 3 heteroatoms. The normalized spacial score (nSPS) is 29.0. The van der Waals surface area contributed by atoms with Crippen LogP contribution in [0.4, 0.5) is 0 Å². The Hall–Kier alpha value is -0.900. The van der Waals surface area contributed by atoms with Gasteiger partial charge in [0.25, 0.3) is 0 Å². The van der Waals surface area contributed by atoms with Crippen molar-refractivity contribution < 1.29 is 9.47 Å². The molecule has 3 nitrogen and oxygen atoms in total. The van der Waals surface area contributed by atoms with Gasteiger partial charge in [-0.25, -0.2) is 0 Å². The summed E-state index contributed by atoms with van der Waals surface area (Å²) in [6.45, 7) is 4.82. The Morgan fingerprint density at radius 2 is 2.00 bits per heavy atom. The second-order valence-corrected chi connectivity index (χ2v) is 6.33. The quantitative estimate of drug-likeness (QED) is 0.873. The molecule has 0 bridgehead atoms. The first-order valence-electron chi connectivity index (χ1n) is 8.22. The summed E-state index contributed by atoms with van der Waals surface area (Å²) >= 11 is 0. The third kappa shape index (κ3) is 3.01. The highest BCUT2D eigenvalue weighted by molar-refractivity contribution is 5.27. The van der Waals surface area contributed by atoms with Crippen molar-refractivity contribution in [1.29, 1.82) is 0 Å². The lowest BCUT2D eigenvalue weighted by Gasteiger charge is -2.43. The molecule has 3 rings (SSSR count). The maximum Gasteiger partial charge on any atom is 0.0877 e. The van der Waals surface area contributed by atoms with E-state index in [9.17, 15) is 0 Å². The van der Waals surface area contributed by atoms with Gasteiger partial charge in [0.1, 0.15) is 0 Å². The molecule has 21 heavy (non-hydrogen) atoms. The largest absolute Gasteiger partial charge is 0.381 e. The van der Waals surface area contributed by atoms with E-state index < -0.39 is 0 Å². The molecular weight excluding hydrogens is 262 g/mol. The van der Waals surface area contributed by atoms with E-state index in [4.69, 9.17) is 9.47 Å². The third-order valence-electron chi connectivity index (χ3n) is 5.23. The summed E-state index contributed by atoms with van der Waals surface area (Å²) in [7, 11) is 1.87. The second-order valence-electron chi connectivity index (χ2n) is 6.33. The molecule has 0 amide bonds. The highest BCUT2D eigenvalue weighted by Gasteiger charge is 2.52. The van der Waals surface area contributed by atoms with E-state index in [0.717, 1.165) is 32.6 Å². The van der Waals surface area contributed by atoms with Gasteiger partial charge in [-0.15, -0.1) is 0 Å². The molecule has 2 fully saturated rings. The monoisotopic (exact) mass is 289 g/mol. The third-order valence-corrected chi connectivity index (χ3v) is 5.23. The molecule has 1 N–H and O–H groups in total. The van der Waals surface area contributed by atoms with Crippen LogP contribution in [0.5, 0.6) is 0 Å².